The van der Waals surface area contributed by atoms with Crippen molar-refractivity contribution in [1.29, 1.82) is 0 Å². The number of anilines is 1. The summed E-state index contributed by atoms with van der Waals surface area (Å²) in [5.41, 5.74) is 1.28. The molecule has 0 aliphatic carbocycles. The van der Waals surface area contributed by atoms with E-state index in [0.29, 0.717) is 23.3 Å². The van der Waals surface area contributed by atoms with E-state index in [1.165, 1.54) is 15.8 Å². The summed E-state index contributed by atoms with van der Waals surface area (Å²) in [6.45, 7) is 5.81. The van der Waals surface area contributed by atoms with E-state index in [0.717, 1.165) is 50.3 Å². The van der Waals surface area contributed by atoms with Crippen LogP contribution < -0.4 is 28.9 Å². The first-order valence-electron chi connectivity index (χ1n) is 12.1. The molecule has 0 saturated carbocycles. The molecule has 2 aromatic carbocycles. The lowest BCUT2D eigenvalue weighted by Crippen LogP contribution is -2.46. The van der Waals surface area contributed by atoms with Gasteiger partial charge in [-0.3, -0.25) is 14.3 Å². The van der Waals surface area contributed by atoms with Gasteiger partial charge in [0.1, 0.15) is 5.75 Å². The fraction of sp³-hybridized carbons (Fsp3) is 0.320. The maximum absolute atomic E-state index is 12.4. The predicted molar refractivity (Wildman–Crippen MR) is 139 cm³/mol. The van der Waals surface area contributed by atoms with Gasteiger partial charge < -0.3 is 18.7 Å². The van der Waals surface area contributed by atoms with Crippen LogP contribution in [0.15, 0.2) is 52.6 Å². The van der Waals surface area contributed by atoms with Gasteiger partial charge in [0.25, 0.3) is 0 Å². The highest BCUT2D eigenvalue weighted by molar-refractivity contribution is 7.50. The highest BCUT2D eigenvalue weighted by Gasteiger charge is 2.50. The number of rotatable bonds is 7. The van der Waals surface area contributed by atoms with Crippen molar-refractivity contribution in [1.82, 2.24) is 9.63 Å². The van der Waals surface area contributed by atoms with Crippen molar-refractivity contribution in [3.05, 3.63) is 58.2 Å². The van der Waals surface area contributed by atoms with E-state index >= 15 is 0 Å². The minimum absolute atomic E-state index is 0.0601. The summed E-state index contributed by atoms with van der Waals surface area (Å²) in [5.74, 6) is 0.730. The Labute approximate surface area is 210 Å². The quantitative estimate of drug-likeness (QED) is 0.257. The Morgan fingerprint density at radius 1 is 0.972 bits per heavy atom. The molecule has 1 fully saturated rings. The summed E-state index contributed by atoms with van der Waals surface area (Å²) in [6.07, 6.45) is 1.97. The highest BCUT2D eigenvalue weighted by atomic mass is 32.1. The Balaban J connectivity index is 0.917. The predicted octanol–water partition coefficient (Wildman–Crippen LogP) is 4.52. The van der Waals surface area contributed by atoms with Crippen LogP contribution >= 0.6 is 19.2 Å². The molecule has 1 atom stereocenters. The molecule has 0 radical (unpaired) electrons. The molecule has 186 valence electrons. The van der Waals surface area contributed by atoms with Crippen molar-refractivity contribution in [2.75, 3.05) is 44.2 Å². The van der Waals surface area contributed by atoms with Gasteiger partial charge in [0, 0.05) is 53.4 Å². The Hall–Kier alpha value is -3.20. The molecule has 2 aromatic heterocycles. The number of fused-ring (bicyclic) bond motifs is 6. The van der Waals surface area contributed by atoms with Gasteiger partial charge in [-0.2, -0.15) is 4.57 Å². The molecule has 3 aliphatic heterocycles. The fourth-order valence-electron chi connectivity index (χ4n) is 5.10. The first kappa shape index (κ1) is 22.0. The minimum atomic E-state index is -3.80. The Kier molecular flexibility index (Phi) is 5.16. The number of piperazine rings is 1. The zero-order valence-corrected chi connectivity index (χ0v) is 21.1. The van der Waals surface area contributed by atoms with Crippen molar-refractivity contribution in [2.45, 2.75) is 12.8 Å². The molecule has 5 heterocycles. The van der Waals surface area contributed by atoms with Gasteiger partial charge >= 0.3 is 13.4 Å². The Bertz CT molecular complexity index is 1590. The van der Waals surface area contributed by atoms with Crippen LogP contribution in [0.2, 0.25) is 0 Å². The molecule has 9 nitrogen and oxygen atoms in total. The number of aromatic nitrogens is 1. The molecule has 0 amide bonds. The second-order valence-electron chi connectivity index (χ2n) is 9.14. The molecule has 3 bridgehead atoms. The van der Waals surface area contributed by atoms with Crippen LogP contribution in [0.5, 0.6) is 17.2 Å². The molecule has 4 aromatic rings. The van der Waals surface area contributed by atoms with Crippen molar-refractivity contribution in [3.8, 4) is 17.2 Å². The van der Waals surface area contributed by atoms with Crippen LogP contribution in [0.4, 0.5) is 5.69 Å². The van der Waals surface area contributed by atoms with E-state index in [2.05, 4.69) is 39.4 Å². The molecule has 7 rings (SSSR count). The van der Waals surface area contributed by atoms with Crippen LogP contribution in [0.25, 0.3) is 21.0 Å². The second kappa shape index (κ2) is 8.44. The maximum Gasteiger partial charge on any atom is 0.667 e. The number of nitrogens with zero attached hydrogens (tertiary/aromatic N) is 3. The SMILES string of the molecule is O=c1c2c3c4ccc(OCCCCN5CCN(c6cccc7sccc67)CC5)cc4n1OP(=O)(O2)O3. The van der Waals surface area contributed by atoms with Crippen LogP contribution in [0, 0.1) is 0 Å². The lowest BCUT2D eigenvalue weighted by molar-refractivity contribution is 0.192. The molecular formula is C25H24N3O6PS. The number of phosphoric acid groups is 1. The lowest BCUT2D eigenvalue weighted by atomic mass is 10.1. The van der Waals surface area contributed by atoms with E-state index in [-0.39, 0.29) is 11.5 Å². The zero-order chi connectivity index (χ0) is 24.3. The second-order valence-corrected chi connectivity index (χ2v) is 11.5. The summed E-state index contributed by atoms with van der Waals surface area (Å²) in [7, 11) is -3.80. The van der Waals surface area contributed by atoms with Crippen molar-refractivity contribution >= 4 is 45.8 Å². The summed E-state index contributed by atoms with van der Waals surface area (Å²) in [6, 6.07) is 14.1. The third kappa shape index (κ3) is 3.63. The standard InChI is InChI=1S/C25H24N3O6PS/c29-25-24-23-19-7-6-17(16-21(19)28(25)34-35(30,32-23)33-24)31-14-2-1-9-26-10-12-27(13-11-26)20-4-3-5-22-18(20)8-15-36-22/h3-8,15-16H,1-2,9-14H2. The number of benzene rings is 2. The average molecular weight is 526 g/mol. The monoisotopic (exact) mass is 525 g/mol. The molecule has 1 unspecified atom stereocenters. The van der Waals surface area contributed by atoms with E-state index in [4.69, 9.17) is 18.4 Å². The molecule has 0 N–H and O–H groups in total. The third-order valence-electron chi connectivity index (χ3n) is 6.93. The first-order valence-corrected chi connectivity index (χ1v) is 14.4. The largest absolute Gasteiger partial charge is 0.667 e. The van der Waals surface area contributed by atoms with Crippen LogP contribution in [-0.4, -0.2) is 49.0 Å². The van der Waals surface area contributed by atoms with Crippen LogP contribution in [0.1, 0.15) is 12.8 Å². The molecule has 1 saturated heterocycles. The van der Waals surface area contributed by atoms with Crippen molar-refractivity contribution in [2.24, 2.45) is 0 Å². The fourth-order valence-corrected chi connectivity index (χ4v) is 7.17. The zero-order valence-electron chi connectivity index (χ0n) is 19.4. The summed E-state index contributed by atoms with van der Waals surface area (Å²) >= 11 is 1.80. The van der Waals surface area contributed by atoms with Gasteiger partial charge in [0.2, 0.25) is 5.75 Å². The van der Waals surface area contributed by atoms with E-state index in [9.17, 15) is 9.36 Å². The van der Waals surface area contributed by atoms with Gasteiger partial charge in [0.15, 0.2) is 5.75 Å². The normalized spacial score (nSPS) is 20.5. The van der Waals surface area contributed by atoms with E-state index in [1.54, 1.807) is 23.5 Å². The number of phosphoric ester groups is 1. The van der Waals surface area contributed by atoms with E-state index < -0.39 is 13.4 Å². The molecule has 0 spiro atoms. The molecule has 11 heteroatoms. The summed E-state index contributed by atoms with van der Waals surface area (Å²) in [4.78, 5) is 17.4. The number of pyridine rings is 1. The number of hydrogen-bond acceptors (Lipinski definition) is 9. The number of hydrogen-bond donors (Lipinski definition) is 0. The van der Waals surface area contributed by atoms with Gasteiger partial charge in [-0.15, -0.1) is 16.1 Å². The first-order chi connectivity index (χ1) is 17.6. The topological polar surface area (TPSA) is 82.5 Å². The van der Waals surface area contributed by atoms with Gasteiger partial charge in [-0.25, -0.2) is 0 Å². The smallest absolute Gasteiger partial charge is 0.494 e. The molecule has 36 heavy (non-hydrogen) atoms. The highest BCUT2D eigenvalue weighted by Crippen LogP contribution is 2.60. The van der Waals surface area contributed by atoms with Crippen molar-refractivity contribution in [3.63, 3.8) is 0 Å². The molecular weight excluding hydrogens is 501 g/mol. The third-order valence-corrected chi connectivity index (χ3v) is 8.99. The Morgan fingerprint density at radius 2 is 1.83 bits per heavy atom. The van der Waals surface area contributed by atoms with Gasteiger partial charge in [0.05, 0.1) is 12.1 Å². The van der Waals surface area contributed by atoms with Crippen LogP contribution in [0.3, 0.4) is 0 Å². The number of thiophene rings is 1. The number of ether oxygens (including phenoxy) is 1. The summed E-state index contributed by atoms with van der Waals surface area (Å²) < 4.78 is 36.2. The average Bonchev–Trinajstić information content (AvgIpc) is 3.46. The minimum Gasteiger partial charge on any atom is -0.494 e. The van der Waals surface area contributed by atoms with E-state index in [1.807, 2.05) is 6.07 Å². The van der Waals surface area contributed by atoms with Crippen LogP contribution in [-0.2, 0) is 4.57 Å². The Morgan fingerprint density at radius 3 is 2.72 bits per heavy atom. The number of unbranched alkanes of at least 4 members (excludes halogenated alkanes) is 1. The lowest BCUT2D eigenvalue weighted by Gasteiger charge is -2.36. The van der Waals surface area contributed by atoms with Gasteiger partial charge in [-0.1, -0.05) is 6.07 Å². The summed E-state index contributed by atoms with van der Waals surface area (Å²) in [5, 5.41) is 4.12. The maximum atomic E-state index is 12.4. The van der Waals surface area contributed by atoms with Gasteiger partial charge in [-0.05, 0) is 55.1 Å². The molecule has 3 aliphatic rings. The van der Waals surface area contributed by atoms with Crippen molar-refractivity contribution < 1.29 is 23.0 Å².